The molecule has 66 valence electrons. The fourth-order valence-corrected chi connectivity index (χ4v) is 2.21. The molecule has 0 heterocycles. The van der Waals surface area contributed by atoms with Crippen LogP contribution in [0, 0.1) is 11.3 Å². The molecule has 0 radical (unpaired) electrons. The van der Waals surface area contributed by atoms with Crippen molar-refractivity contribution in [2.45, 2.75) is 25.7 Å². The lowest BCUT2D eigenvalue weighted by Crippen LogP contribution is -2.03. The van der Waals surface area contributed by atoms with Gasteiger partial charge in [-0.1, -0.05) is 11.6 Å². The van der Waals surface area contributed by atoms with E-state index in [9.17, 15) is 0 Å². The van der Waals surface area contributed by atoms with E-state index in [2.05, 4.69) is 6.07 Å². The van der Waals surface area contributed by atoms with Gasteiger partial charge in [0.05, 0.1) is 11.6 Å². The summed E-state index contributed by atoms with van der Waals surface area (Å²) >= 11 is 6.07. The van der Waals surface area contributed by atoms with Gasteiger partial charge in [0.2, 0.25) is 0 Å². The number of halogens is 1. The third kappa shape index (κ3) is 1.55. The van der Waals surface area contributed by atoms with Crippen molar-refractivity contribution in [3.63, 3.8) is 0 Å². The molecule has 0 bridgehead atoms. The van der Waals surface area contributed by atoms with Gasteiger partial charge in [0.25, 0.3) is 0 Å². The molecule has 1 aromatic rings. The Hall–Kier alpha value is -1.00. The molecule has 0 fully saturated rings. The highest BCUT2D eigenvalue weighted by molar-refractivity contribution is 6.31. The Kier molecular flexibility index (Phi) is 2.24. The molecule has 0 aromatic heterocycles. The second-order valence-electron chi connectivity index (χ2n) is 3.41. The van der Waals surface area contributed by atoms with Crippen LogP contribution in [0.15, 0.2) is 12.1 Å². The van der Waals surface area contributed by atoms with E-state index in [4.69, 9.17) is 16.9 Å². The Balaban J connectivity index is 2.54. The Bertz CT molecular complexity index is 376. The van der Waals surface area contributed by atoms with E-state index in [-0.39, 0.29) is 0 Å². The summed E-state index contributed by atoms with van der Waals surface area (Å²) in [6, 6.07) is 5.88. The van der Waals surface area contributed by atoms with Gasteiger partial charge in [-0.3, -0.25) is 0 Å². The normalized spacial score (nSPS) is 14.8. The van der Waals surface area contributed by atoms with E-state index in [1.807, 2.05) is 6.07 Å². The summed E-state index contributed by atoms with van der Waals surface area (Å²) in [5, 5.41) is 9.53. The number of nitrogens with zero attached hydrogens (tertiary/aromatic N) is 1. The highest BCUT2D eigenvalue weighted by Crippen LogP contribution is 2.28. The summed E-state index contributed by atoms with van der Waals surface area (Å²) in [7, 11) is 0. The first-order valence-corrected chi connectivity index (χ1v) is 4.90. The monoisotopic (exact) mass is 191 g/mol. The minimum absolute atomic E-state index is 0.686. The van der Waals surface area contributed by atoms with Crippen molar-refractivity contribution in [1.29, 1.82) is 5.26 Å². The molecule has 1 aliphatic carbocycles. The zero-order valence-corrected chi connectivity index (χ0v) is 8.06. The van der Waals surface area contributed by atoms with Gasteiger partial charge in [-0.25, -0.2) is 0 Å². The SMILES string of the molecule is N#Cc1cc(Cl)c2c(c1)CCCC2. The molecule has 13 heavy (non-hydrogen) atoms. The first kappa shape index (κ1) is 8.59. The van der Waals surface area contributed by atoms with Crippen LogP contribution >= 0.6 is 11.6 Å². The van der Waals surface area contributed by atoms with Crippen LogP contribution in [0.3, 0.4) is 0 Å². The topological polar surface area (TPSA) is 23.8 Å². The second-order valence-corrected chi connectivity index (χ2v) is 3.82. The van der Waals surface area contributed by atoms with Gasteiger partial charge in [-0.2, -0.15) is 5.26 Å². The average Bonchev–Trinajstić information content (AvgIpc) is 2.18. The van der Waals surface area contributed by atoms with E-state index in [0.717, 1.165) is 17.9 Å². The number of hydrogen-bond donors (Lipinski definition) is 0. The van der Waals surface area contributed by atoms with Crippen molar-refractivity contribution < 1.29 is 0 Å². The molecule has 1 aliphatic rings. The summed E-state index contributed by atoms with van der Waals surface area (Å²) in [5.41, 5.74) is 3.22. The standard InChI is InChI=1S/C11H10ClN/c12-11-6-8(7-13)5-9-3-1-2-4-10(9)11/h5-6H,1-4H2. The highest BCUT2D eigenvalue weighted by Gasteiger charge is 2.13. The summed E-state index contributed by atoms with van der Waals surface area (Å²) in [5.74, 6) is 0. The lowest BCUT2D eigenvalue weighted by Gasteiger charge is -2.16. The quantitative estimate of drug-likeness (QED) is 0.618. The fourth-order valence-electron chi connectivity index (χ4n) is 1.88. The number of fused-ring (bicyclic) bond motifs is 1. The molecule has 2 rings (SSSR count). The van der Waals surface area contributed by atoms with Gasteiger partial charge in [0, 0.05) is 5.02 Å². The third-order valence-electron chi connectivity index (χ3n) is 2.54. The van der Waals surface area contributed by atoms with Gasteiger partial charge in [0.15, 0.2) is 0 Å². The van der Waals surface area contributed by atoms with Gasteiger partial charge in [0.1, 0.15) is 0 Å². The lowest BCUT2D eigenvalue weighted by atomic mass is 9.90. The summed E-state index contributed by atoms with van der Waals surface area (Å²) in [6.07, 6.45) is 4.58. The van der Waals surface area contributed by atoms with Crippen molar-refractivity contribution in [2.24, 2.45) is 0 Å². The molecular formula is C11H10ClN. The summed E-state index contributed by atoms with van der Waals surface area (Å²) in [6.45, 7) is 0. The van der Waals surface area contributed by atoms with Crippen LogP contribution in [-0.2, 0) is 12.8 Å². The Morgan fingerprint density at radius 3 is 2.77 bits per heavy atom. The first-order valence-electron chi connectivity index (χ1n) is 4.52. The molecule has 0 aliphatic heterocycles. The minimum Gasteiger partial charge on any atom is -0.192 e. The van der Waals surface area contributed by atoms with E-state index >= 15 is 0 Å². The smallest absolute Gasteiger partial charge is 0.0992 e. The van der Waals surface area contributed by atoms with Crippen LogP contribution in [-0.4, -0.2) is 0 Å². The number of hydrogen-bond acceptors (Lipinski definition) is 1. The maximum absolute atomic E-state index is 8.75. The fraction of sp³-hybridized carbons (Fsp3) is 0.364. The van der Waals surface area contributed by atoms with Crippen molar-refractivity contribution in [2.75, 3.05) is 0 Å². The van der Waals surface area contributed by atoms with Crippen molar-refractivity contribution in [1.82, 2.24) is 0 Å². The molecule has 0 saturated heterocycles. The number of nitriles is 1. The zero-order valence-electron chi connectivity index (χ0n) is 7.31. The maximum Gasteiger partial charge on any atom is 0.0992 e. The number of aryl methyl sites for hydroxylation is 1. The Morgan fingerprint density at radius 2 is 2.00 bits per heavy atom. The van der Waals surface area contributed by atoms with E-state index in [1.165, 1.54) is 24.0 Å². The van der Waals surface area contributed by atoms with Crippen molar-refractivity contribution in [3.8, 4) is 6.07 Å². The predicted molar refractivity (Wildman–Crippen MR) is 52.8 cm³/mol. The van der Waals surface area contributed by atoms with Gasteiger partial charge < -0.3 is 0 Å². The molecule has 1 aromatic carbocycles. The number of benzene rings is 1. The minimum atomic E-state index is 0.686. The largest absolute Gasteiger partial charge is 0.192 e. The predicted octanol–water partition coefficient (Wildman–Crippen LogP) is 3.09. The van der Waals surface area contributed by atoms with Crippen LogP contribution < -0.4 is 0 Å². The van der Waals surface area contributed by atoms with Crippen molar-refractivity contribution in [3.05, 3.63) is 33.8 Å². The van der Waals surface area contributed by atoms with Crippen LogP contribution in [0.5, 0.6) is 0 Å². The van der Waals surface area contributed by atoms with Crippen molar-refractivity contribution >= 4 is 11.6 Å². The summed E-state index contributed by atoms with van der Waals surface area (Å²) in [4.78, 5) is 0. The van der Waals surface area contributed by atoms with Crippen LogP contribution in [0.4, 0.5) is 0 Å². The Morgan fingerprint density at radius 1 is 1.23 bits per heavy atom. The average molecular weight is 192 g/mol. The first-order chi connectivity index (χ1) is 6.31. The molecule has 0 N–H and O–H groups in total. The van der Waals surface area contributed by atoms with Gasteiger partial charge >= 0.3 is 0 Å². The molecule has 1 nitrogen and oxygen atoms in total. The van der Waals surface area contributed by atoms with E-state index < -0.39 is 0 Å². The maximum atomic E-state index is 8.75. The Labute approximate surface area is 82.9 Å². The number of rotatable bonds is 0. The molecule has 0 spiro atoms. The molecule has 0 amide bonds. The van der Waals surface area contributed by atoms with Gasteiger partial charge in [-0.05, 0) is 48.9 Å². The molecule has 2 heteroatoms. The molecule has 0 saturated carbocycles. The zero-order chi connectivity index (χ0) is 9.26. The third-order valence-corrected chi connectivity index (χ3v) is 2.88. The van der Waals surface area contributed by atoms with Gasteiger partial charge in [-0.15, -0.1) is 0 Å². The van der Waals surface area contributed by atoms with Crippen LogP contribution in [0.25, 0.3) is 0 Å². The second kappa shape index (κ2) is 3.40. The van der Waals surface area contributed by atoms with Crippen LogP contribution in [0.2, 0.25) is 5.02 Å². The molecule has 0 atom stereocenters. The molecule has 0 unspecified atom stereocenters. The molecular weight excluding hydrogens is 182 g/mol. The lowest BCUT2D eigenvalue weighted by molar-refractivity contribution is 0.685. The van der Waals surface area contributed by atoms with Crippen LogP contribution in [0.1, 0.15) is 29.5 Å². The highest BCUT2D eigenvalue weighted by atomic mass is 35.5. The summed E-state index contributed by atoms with van der Waals surface area (Å²) < 4.78 is 0. The van der Waals surface area contributed by atoms with E-state index in [1.54, 1.807) is 6.07 Å². The van der Waals surface area contributed by atoms with E-state index in [0.29, 0.717) is 5.56 Å².